The Kier molecular flexibility index (Phi) is 6.20. The third kappa shape index (κ3) is 4.93. The Labute approximate surface area is 158 Å². The predicted molar refractivity (Wildman–Crippen MR) is 103 cm³/mol. The summed E-state index contributed by atoms with van der Waals surface area (Å²) in [6.07, 6.45) is 1.57. The van der Waals surface area contributed by atoms with E-state index >= 15 is 0 Å². The maximum absolute atomic E-state index is 12.0. The zero-order valence-electron chi connectivity index (χ0n) is 15.7. The molecule has 1 saturated heterocycles. The molecule has 1 aliphatic rings. The average molecular weight is 371 g/mol. The van der Waals surface area contributed by atoms with Gasteiger partial charge >= 0.3 is 0 Å². The van der Waals surface area contributed by atoms with Gasteiger partial charge in [-0.15, -0.1) is 0 Å². The fourth-order valence-corrected chi connectivity index (χ4v) is 2.81. The second-order valence-electron chi connectivity index (χ2n) is 6.52. The number of morpholine rings is 1. The van der Waals surface area contributed by atoms with Crippen molar-refractivity contribution in [1.82, 2.24) is 19.8 Å². The van der Waals surface area contributed by atoms with Gasteiger partial charge in [-0.1, -0.05) is 12.1 Å². The molecule has 0 spiro atoms. The van der Waals surface area contributed by atoms with E-state index in [9.17, 15) is 4.79 Å². The van der Waals surface area contributed by atoms with E-state index in [1.54, 1.807) is 32.4 Å². The van der Waals surface area contributed by atoms with E-state index in [4.69, 9.17) is 15.2 Å². The van der Waals surface area contributed by atoms with Crippen LogP contribution >= 0.6 is 0 Å². The van der Waals surface area contributed by atoms with Gasteiger partial charge in [0.25, 0.3) is 5.91 Å². The molecule has 1 fully saturated rings. The van der Waals surface area contributed by atoms with E-state index in [2.05, 4.69) is 14.9 Å². The van der Waals surface area contributed by atoms with Crippen molar-refractivity contribution in [2.24, 2.45) is 0 Å². The molecule has 2 aromatic rings. The maximum atomic E-state index is 12.0. The standard InChI is InChI=1S/C19H25N5O3/c1-23(2)19(25)15-5-3-14(4-6-15)17-18(20)22-16(13-21-17)27-12-9-24-7-10-26-11-8-24/h3-6,13H,7-12H2,1-2H3,(H2,20,22). The molecule has 1 aliphatic heterocycles. The molecule has 0 atom stereocenters. The van der Waals surface area contributed by atoms with E-state index in [0.717, 1.165) is 38.4 Å². The van der Waals surface area contributed by atoms with Crippen LogP contribution in [0.2, 0.25) is 0 Å². The lowest BCUT2D eigenvalue weighted by Gasteiger charge is -2.26. The van der Waals surface area contributed by atoms with E-state index in [0.29, 0.717) is 29.6 Å². The molecule has 0 aliphatic carbocycles. The maximum Gasteiger partial charge on any atom is 0.253 e. The van der Waals surface area contributed by atoms with Crippen LogP contribution in [0.15, 0.2) is 30.5 Å². The van der Waals surface area contributed by atoms with Gasteiger partial charge in [-0.05, 0) is 12.1 Å². The van der Waals surface area contributed by atoms with Gasteiger partial charge in [-0.3, -0.25) is 9.69 Å². The van der Waals surface area contributed by atoms with Crippen molar-refractivity contribution in [3.05, 3.63) is 36.0 Å². The quantitative estimate of drug-likeness (QED) is 0.814. The Bertz CT molecular complexity index is 773. The Morgan fingerprint density at radius 1 is 1.26 bits per heavy atom. The summed E-state index contributed by atoms with van der Waals surface area (Å²) in [4.78, 5) is 24.5. The first-order valence-electron chi connectivity index (χ1n) is 8.92. The fraction of sp³-hybridized carbons (Fsp3) is 0.421. The number of nitrogens with two attached hydrogens (primary N) is 1. The van der Waals surface area contributed by atoms with E-state index in [-0.39, 0.29) is 5.91 Å². The molecule has 2 heterocycles. The summed E-state index contributed by atoms with van der Waals surface area (Å²) in [5, 5.41) is 0. The lowest BCUT2D eigenvalue weighted by atomic mass is 10.1. The van der Waals surface area contributed by atoms with Crippen LogP contribution in [0.5, 0.6) is 5.88 Å². The van der Waals surface area contributed by atoms with Crippen molar-refractivity contribution in [1.29, 1.82) is 0 Å². The van der Waals surface area contributed by atoms with Crippen LogP contribution in [-0.2, 0) is 4.74 Å². The third-order valence-corrected chi connectivity index (χ3v) is 4.35. The number of nitrogens with zero attached hydrogens (tertiary/aromatic N) is 4. The molecule has 1 aromatic carbocycles. The topological polar surface area (TPSA) is 93.8 Å². The molecule has 0 saturated carbocycles. The number of rotatable bonds is 6. The molecule has 0 bridgehead atoms. The summed E-state index contributed by atoms with van der Waals surface area (Å²) >= 11 is 0. The second kappa shape index (κ2) is 8.79. The minimum Gasteiger partial charge on any atom is -0.475 e. The van der Waals surface area contributed by atoms with E-state index in [1.165, 1.54) is 4.90 Å². The minimum atomic E-state index is -0.0513. The number of ether oxygens (including phenoxy) is 2. The van der Waals surface area contributed by atoms with Crippen LogP contribution in [0, 0.1) is 0 Å². The molecule has 1 amide bonds. The van der Waals surface area contributed by atoms with Gasteiger partial charge in [0.15, 0.2) is 5.82 Å². The summed E-state index contributed by atoms with van der Waals surface area (Å²) < 4.78 is 11.0. The van der Waals surface area contributed by atoms with Crippen LogP contribution in [0.4, 0.5) is 5.82 Å². The number of nitrogen functional groups attached to an aromatic ring is 1. The van der Waals surface area contributed by atoms with Crippen LogP contribution in [0.25, 0.3) is 11.3 Å². The van der Waals surface area contributed by atoms with Gasteiger partial charge in [-0.2, -0.15) is 4.98 Å². The first-order chi connectivity index (χ1) is 13.0. The number of hydrogen-bond acceptors (Lipinski definition) is 7. The predicted octanol–water partition coefficient (Wildman–Crippen LogP) is 1.14. The monoisotopic (exact) mass is 371 g/mol. The number of amides is 1. The summed E-state index contributed by atoms with van der Waals surface area (Å²) in [6, 6.07) is 7.14. The number of aromatic nitrogens is 2. The Morgan fingerprint density at radius 3 is 2.59 bits per heavy atom. The number of carbonyl (C=O) groups is 1. The van der Waals surface area contributed by atoms with Gasteiger partial charge in [0, 0.05) is 44.9 Å². The smallest absolute Gasteiger partial charge is 0.253 e. The summed E-state index contributed by atoms with van der Waals surface area (Å²) in [5.74, 6) is 0.652. The molecule has 0 radical (unpaired) electrons. The second-order valence-corrected chi connectivity index (χ2v) is 6.52. The van der Waals surface area contributed by atoms with Crippen molar-refractivity contribution >= 4 is 11.7 Å². The highest BCUT2D eigenvalue weighted by atomic mass is 16.5. The molecule has 144 valence electrons. The molecule has 8 nitrogen and oxygen atoms in total. The molecule has 1 aromatic heterocycles. The summed E-state index contributed by atoms with van der Waals surface area (Å²) in [6.45, 7) is 4.70. The first kappa shape index (κ1) is 19.1. The molecule has 2 N–H and O–H groups in total. The molecule has 0 unspecified atom stereocenters. The summed E-state index contributed by atoms with van der Waals surface area (Å²) in [5.41, 5.74) is 8.04. The van der Waals surface area contributed by atoms with Crippen molar-refractivity contribution < 1.29 is 14.3 Å². The highest BCUT2D eigenvalue weighted by Gasteiger charge is 2.13. The SMILES string of the molecule is CN(C)C(=O)c1ccc(-c2ncc(OCCN3CCOCC3)nc2N)cc1. The van der Waals surface area contributed by atoms with Crippen molar-refractivity contribution in [2.45, 2.75) is 0 Å². The van der Waals surface area contributed by atoms with E-state index in [1.807, 2.05) is 12.1 Å². The van der Waals surface area contributed by atoms with Crippen LogP contribution in [0.3, 0.4) is 0 Å². The molecular weight excluding hydrogens is 346 g/mol. The normalized spacial score (nSPS) is 14.7. The average Bonchev–Trinajstić information content (AvgIpc) is 2.68. The molecule has 3 rings (SSSR count). The zero-order valence-corrected chi connectivity index (χ0v) is 15.7. The van der Waals surface area contributed by atoms with Gasteiger partial charge in [0.2, 0.25) is 5.88 Å². The van der Waals surface area contributed by atoms with Gasteiger partial charge in [-0.25, -0.2) is 4.98 Å². The Balaban J connectivity index is 1.61. The first-order valence-corrected chi connectivity index (χ1v) is 8.92. The fourth-order valence-electron chi connectivity index (χ4n) is 2.81. The minimum absolute atomic E-state index is 0.0513. The van der Waals surface area contributed by atoms with Gasteiger partial charge in [0.05, 0.1) is 19.4 Å². The highest BCUT2D eigenvalue weighted by Crippen LogP contribution is 2.24. The molecule has 8 heteroatoms. The third-order valence-electron chi connectivity index (χ3n) is 4.35. The molecular formula is C19H25N5O3. The van der Waals surface area contributed by atoms with E-state index < -0.39 is 0 Å². The largest absolute Gasteiger partial charge is 0.475 e. The van der Waals surface area contributed by atoms with Crippen molar-refractivity contribution in [3.8, 4) is 17.1 Å². The zero-order chi connectivity index (χ0) is 19.2. The van der Waals surface area contributed by atoms with Crippen LogP contribution in [0.1, 0.15) is 10.4 Å². The van der Waals surface area contributed by atoms with Crippen molar-refractivity contribution in [2.75, 3.05) is 59.3 Å². The Morgan fingerprint density at radius 2 is 1.96 bits per heavy atom. The number of hydrogen-bond donors (Lipinski definition) is 1. The summed E-state index contributed by atoms with van der Waals surface area (Å²) in [7, 11) is 3.44. The van der Waals surface area contributed by atoms with Gasteiger partial charge < -0.3 is 20.1 Å². The lowest BCUT2D eigenvalue weighted by molar-refractivity contribution is 0.0320. The van der Waals surface area contributed by atoms with Crippen molar-refractivity contribution in [3.63, 3.8) is 0 Å². The lowest BCUT2D eigenvalue weighted by Crippen LogP contribution is -2.38. The molecule has 27 heavy (non-hydrogen) atoms. The highest BCUT2D eigenvalue weighted by molar-refractivity contribution is 5.94. The number of anilines is 1. The number of carbonyl (C=O) groups excluding carboxylic acids is 1. The van der Waals surface area contributed by atoms with Crippen LogP contribution in [-0.4, -0.2) is 79.2 Å². The van der Waals surface area contributed by atoms with Gasteiger partial charge in [0.1, 0.15) is 12.3 Å². The Hall–Kier alpha value is -2.71. The number of benzene rings is 1. The van der Waals surface area contributed by atoms with Crippen LogP contribution < -0.4 is 10.5 Å².